The van der Waals surface area contributed by atoms with Crippen LogP contribution >= 0.6 is 0 Å². The average molecular weight is 1140 g/mol. The topological polar surface area (TPSA) is 278 Å². The maximum absolute atomic E-state index is 16.9. The fraction of sp³-hybridized carbons (Fsp3) is 0.373. The number of pyridine rings is 2. The highest BCUT2D eigenvalue weighted by Gasteiger charge is 2.50. The van der Waals surface area contributed by atoms with E-state index in [1.807, 2.05) is 0 Å². The number of hydrogen-bond donors (Lipinski definition) is 6. The van der Waals surface area contributed by atoms with Gasteiger partial charge in [-0.1, -0.05) is 0 Å². The molecule has 8 aromatic rings. The molecule has 2 saturated heterocycles. The molecular weight excluding hydrogens is 1090 g/mol. The van der Waals surface area contributed by atoms with Crippen LogP contribution in [-0.2, 0) is 17.8 Å². The third-order valence-corrected chi connectivity index (χ3v) is 14.7. The number of benzene rings is 2. The Kier molecular flexibility index (Phi) is 15.5. The SMILES string of the molecule is COc1cc(F)c(-c2cc(F)c(N3CCC[C@](NCOc4cc(F)c(-c5ccc(N6CCC(OC)[C@](N)([C@H](O)C(F)F)C6)c(Cn6cnc7c(N)ncnc76)n5)cc4F)([C@H](O)C(F)F)C3)c(Cn3cnc4c(N)ncnc43)n2)cc1F. The van der Waals surface area contributed by atoms with E-state index in [1.165, 1.54) is 47.7 Å². The molecule has 6 aromatic heterocycles. The number of rotatable bonds is 18. The predicted molar refractivity (Wildman–Crippen MR) is 275 cm³/mol. The summed E-state index contributed by atoms with van der Waals surface area (Å²) in [5.41, 5.74) is 14.3. The Balaban J connectivity index is 0.941. The van der Waals surface area contributed by atoms with Crippen LogP contribution in [0.2, 0.25) is 0 Å². The number of fused-ring (bicyclic) bond motifs is 2. The number of anilines is 4. The van der Waals surface area contributed by atoms with Crippen molar-refractivity contribution < 1.29 is 63.9 Å². The maximum atomic E-state index is 16.9. The molecule has 0 aliphatic carbocycles. The van der Waals surface area contributed by atoms with Gasteiger partial charge in [0.15, 0.2) is 51.9 Å². The van der Waals surface area contributed by atoms with Crippen molar-refractivity contribution in [1.82, 2.24) is 54.3 Å². The number of aromatic nitrogens is 10. The summed E-state index contributed by atoms with van der Waals surface area (Å²) < 4.78 is 157. The van der Waals surface area contributed by atoms with Gasteiger partial charge >= 0.3 is 0 Å². The van der Waals surface area contributed by atoms with Crippen molar-refractivity contribution in [3.8, 4) is 34.0 Å². The van der Waals surface area contributed by atoms with E-state index < -0.39 is 102 Å². The van der Waals surface area contributed by atoms with E-state index in [-0.39, 0.29) is 120 Å². The quantitative estimate of drug-likeness (QED) is 0.0476. The van der Waals surface area contributed by atoms with Crippen molar-refractivity contribution in [2.24, 2.45) is 5.73 Å². The second kappa shape index (κ2) is 22.4. The third-order valence-electron chi connectivity index (χ3n) is 14.7. The molecule has 0 bridgehead atoms. The molecular formula is C51H51F9N16O5. The van der Waals surface area contributed by atoms with Gasteiger partial charge in [-0.3, -0.25) is 5.32 Å². The van der Waals surface area contributed by atoms with Gasteiger partial charge in [0.2, 0.25) is 0 Å². The number of hydrogen-bond acceptors (Lipinski definition) is 19. The molecule has 2 fully saturated rings. The van der Waals surface area contributed by atoms with Crippen LogP contribution in [0.3, 0.4) is 0 Å². The first-order chi connectivity index (χ1) is 38.7. The number of nitrogens with zero attached hydrogens (tertiary/aromatic N) is 12. The van der Waals surface area contributed by atoms with Crippen LogP contribution in [0.15, 0.2) is 67.8 Å². The molecule has 2 aliphatic heterocycles. The van der Waals surface area contributed by atoms with E-state index in [1.54, 1.807) is 9.47 Å². The van der Waals surface area contributed by atoms with E-state index in [9.17, 15) is 32.2 Å². The number of aliphatic hydroxyl groups excluding tert-OH is 2. The molecule has 2 aromatic carbocycles. The number of halogens is 9. The Labute approximate surface area is 453 Å². The standard InChI is InChI=1S/C51H51F9N16O5/c1-79-36-13-26(52)25(11-28(36)54)32-12-30(56)41(34(72-32)16-76-22-69-40-47(62)65-20-67-49(40)76)74-8-3-7-50(17-74,42(77)44(57)58)70-23-81-37-14-27(53)24(10-29(37)55)31-4-5-35(73-9-6-38(80-2)51(63,18-73)43(78)45(59)60)33(71-31)15-75-21-68-39-46(61)64-19-66-48(39)75/h4-5,10-14,19-22,38,42-45,70,77-78H,3,6-9,15-18,23,63H2,1-2H3,(H2,61,64,66)(H2,62,65,67)/t38?,42-,43-,50-,51+/m1/s1. The lowest BCUT2D eigenvalue weighted by Crippen LogP contribution is -2.70. The molecule has 5 atom stereocenters. The highest BCUT2D eigenvalue weighted by atomic mass is 19.3. The smallest absolute Gasteiger partial charge is 0.266 e. The van der Waals surface area contributed by atoms with E-state index in [0.717, 1.165) is 37.7 Å². The molecule has 9 N–H and O–H groups in total. The Morgan fingerprint density at radius 2 is 1.27 bits per heavy atom. The summed E-state index contributed by atoms with van der Waals surface area (Å²) in [6.45, 7) is -1.99. The average Bonchev–Trinajstić information content (AvgIpc) is 4.10. The van der Waals surface area contributed by atoms with Crippen molar-refractivity contribution in [3.05, 3.63) is 108 Å². The zero-order valence-electron chi connectivity index (χ0n) is 42.9. The van der Waals surface area contributed by atoms with Crippen molar-refractivity contribution in [1.29, 1.82) is 0 Å². The van der Waals surface area contributed by atoms with Gasteiger partial charge in [-0.15, -0.1) is 0 Å². The zero-order valence-corrected chi connectivity index (χ0v) is 42.9. The summed E-state index contributed by atoms with van der Waals surface area (Å²) in [5.74, 6) is -6.25. The van der Waals surface area contributed by atoms with Gasteiger partial charge in [-0.2, -0.15) is 0 Å². The Morgan fingerprint density at radius 3 is 1.89 bits per heavy atom. The molecule has 0 spiro atoms. The summed E-state index contributed by atoms with van der Waals surface area (Å²) in [6.07, 6.45) is -7.29. The van der Waals surface area contributed by atoms with Gasteiger partial charge in [0, 0.05) is 62.6 Å². The second-order valence-electron chi connectivity index (χ2n) is 19.5. The number of methoxy groups -OCH3 is 2. The Hall–Kier alpha value is -8.19. The van der Waals surface area contributed by atoms with Crippen molar-refractivity contribution in [3.63, 3.8) is 0 Å². The molecule has 1 unspecified atom stereocenters. The maximum Gasteiger partial charge on any atom is 0.266 e. The van der Waals surface area contributed by atoms with Crippen LogP contribution in [0, 0.1) is 29.1 Å². The van der Waals surface area contributed by atoms with Crippen LogP contribution in [0.25, 0.3) is 44.8 Å². The highest BCUT2D eigenvalue weighted by molar-refractivity contribution is 5.82. The molecule has 0 saturated carbocycles. The number of nitrogens with two attached hydrogens (primary N) is 3. The number of nitrogen functional groups attached to an aromatic ring is 2. The Morgan fingerprint density at radius 1 is 0.679 bits per heavy atom. The van der Waals surface area contributed by atoms with E-state index in [4.69, 9.17) is 36.4 Å². The molecule has 8 heterocycles. The van der Waals surface area contributed by atoms with Gasteiger partial charge in [0.25, 0.3) is 12.9 Å². The number of piperidine rings is 2. The van der Waals surface area contributed by atoms with Gasteiger partial charge in [0.1, 0.15) is 54.3 Å². The minimum atomic E-state index is -3.40. The number of ether oxygens (including phenoxy) is 3. The lowest BCUT2D eigenvalue weighted by Gasteiger charge is -2.48. The molecule has 81 heavy (non-hydrogen) atoms. The lowest BCUT2D eigenvalue weighted by molar-refractivity contribution is -0.102. The molecule has 10 rings (SSSR count). The van der Waals surface area contributed by atoms with Crippen molar-refractivity contribution in [2.75, 3.05) is 68.4 Å². The van der Waals surface area contributed by atoms with Crippen LogP contribution in [0.4, 0.5) is 62.5 Å². The van der Waals surface area contributed by atoms with E-state index in [0.29, 0.717) is 11.8 Å². The summed E-state index contributed by atoms with van der Waals surface area (Å²) in [4.78, 5) is 37.1. The number of alkyl halides is 4. The Bertz CT molecular complexity index is 3640. The fourth-order valence-electron chi connectivity index (χ4n) is 10.6. The first kappa shape index (κ1) is 56.1. The first-order valence-electron chi connectivity index (χ1n) is 24.9. The lowest BCUT2D eigenvalue weighted by atomic mass is 9.81. The van der Waals surface area contributed by atoms with E-state index >= 15 is 17.6 Å². The van der Waals surface area contributed by atoms with Crippen LogP contribution in [0.5, 0.6) is 11.5 Å². The molecule has 21 nitrogen and oxygen atoms in total. The molecule has 428 valence electrons. The number of nitrogens with one attached hydrogen (secondary N) is 1. The number of aliphatic hydroxyl groups is 2. The van der Waals surface area contributed by atoms with Crippen molar-refractivity contribution in [2.45, 2.75) is 74.6 Å². The van der Waals surface area contributed by atoms with Gasteiger partial charge in [-0.25, -0.2) is 79.4 Å². The molecule has 0 amide bonds. The first-order valence-corrected chi connectivity index (χ1v) is 24.9. The summed E-state index contributed by atoms with van der Waals surface area (Å²) in [7, 11) is 2.42. The van der Waals surface area contributed by atoms with Crippen LogP contribution < -0.4 is 41.8 Å². The summed E-state index contributed by atoms with van der Waals surface area (Å²) >= 11 is 0. The summed E-state index contributed by atoms with van der Waals surface area (Å²) in [6, 6.07) is 6.72. The zero-order chi connectivity index (χ0) is 57.7. The highest BCUT2D eigenvalue weighted by Crippen LogP contribution is 2.39. The monoisotopic (exact) mass is 1140 g/mol. The van der Waals surface area contributed by atoms with E-state index in [2.05, 4.69) is 40.2 Å². The summed E-state index contributed by atoms with van der Waals surface area (Å²) in [5, 5.41) is 24.6. The molecule has 2 aliphatic rings. The normalized spacial score (nSPS) is 19.5. The largest absolute Gasteiger partial charge is 0.494 e. The molecule has 30 heteroatoms. The van der Waals surface area contributed by atoms with Crippen molar-refractivity contribution >= 4 is 45.3 Å². The number of imidazole rings is 2. The molecule has 0 radical (unpaired) electrons. The van der Waals surface area contributed by atoms with Gasteiger partial charge < -0.3 is 60.6 Å². The fourth-order valence-corrected chi connectivity index (χ4v) is 10.6. The van der Waals surface area contributed by atoms with Gasteiger partial charge in [-0.05, 0) is 43.5 Å². The van der Waals surface area contributed by atoms with Crippen LogP contribution in [-0.4, -0.2) is 149 Å². The minimum Gasteiger partial charge on any atom is -0.494 e. The third kappa shape index (κ3) is 10.6. The van der Waals surface area contributed by atoms with Gasteiger partial charge in [0.05, 0.1) is 84.2 Å². The minimum absolute atomic E-state index is 0.00159. The van der Waals surface area contributed by atoms with Crippen LogP contribution in [0.1, 0.15) is 30.7 Å². The predicted octanol–water partition coefficient (Wildman–Crippen LogP) is 5.19. The second-order valence-corrected chi connectivity index (χ2v) is 19.5.